The molecule has 0 fully saturated rings. The molecule has 3 rings (SSSR count). The first-order chi connectivity index (χ1) is 11.1. The summed E-state index contributed by atoms with van der Waals surface area (Å²) in [6.07, 6.45) is 0. The van der Waals surface area contributed by atoms with Gasteiger partial charge in [-0.05, 0) is 41.1 Å². The fourth-order valence-corrected chi connectivity index (χ4v) is 3.75. The summed E-state index contributed by atoms with van der Waals surface area (Å²) in [7, 11) is 0. The molecule has 3 N–H and O–H groups in total. The van der Waals surface area contributed by atoms with Gasteiger partial charge in [0.15, 0.2) is 5.43 Å². The molecule has 0 radical (unpaired) electrons. The summed E-state index contributed by atoms with van der Waals surface area (Å²) < 4.78 is 1.12. The first-order valence-electron chi connectivity index (χ1n) is 7.44. The number of H-pyrrole nitrogens is 1. The fraction of sp³-hybridized carbons (Fsp3) is 0.235. The van der Waals surface area contributed by atoms with Crippen molar-refractivity contribution in [2.45, 2.75) is 19.5 Å². The van der Waals surface area contributed by atoms with Crippen molar-refractivity contribution in [2.75, 3.05) is 11.9 Å². The lowest BCUT2D eigenvalue weighted by Crippen LogP contribution is -2.32. The predicted octanol–water partition coefficient (Wildman–Crippen LogP) is 3.94. The largest absolute Gasteiger partial charge is 0.370 e. The van der Waals surface area contributed by atoms with Crippen LogP contribution < -0.4 is 16.1 Å². The van der Waals surface area contributed by atoms with Crippen LogP contribution in [0, 0.1) is 0 Å². The van der Waals surface area contributed by atoms with E-state index in [-0.39, 0.29) is 11.5 Å². The minimum atomic E-state index is 0.0332. The number of aromatic amines is 1. The summed E-state index contributed by atoms with van der Waals surface area (Å²) in [4.78, 5) is 16.6. The van der Waals surface area contributed by atoms with Gasteiger partial charge in [0.05, 0.1) is 5.52 Å². The standard InChI is InChI=1S/C17H18BrN3OS/c1-11(19-9-13-6-12(18)10-23-13)8-20-17-7-16(22)14-4-2-3-5-15(14)21-17/h2-7,10-11,19H,8-9H2,1H3,(H2,20,21,22). The lowest BCUT2D eigenvalue weighted by atomic mass is 10.2. The molecule has 1 aromatic carbocycles. The molecule has 3 aromatic rings. The monoisotopic (exact) mass is 391 g/mol. The van der Waals surface area contributed by atoms with Crippen LogP contribution in [0.15, 0.2) is 51.0 Å². The van der Waals surface area contributed by atoms with Crippen molar-refractivity contribution in [3.05, 3.63) is 61.4 Å². The second-order valence-corrected chi connectivity index (χ2v) is 7.40. The molecule has 2 aromatic heterocycles. The molecule has 0 saturated carbocycles. The van der Waals surface area contributed by atoms with E-state index >= 15 is 0 Å². The van der Waals surface area contributed by atoms with Crippen LogP contribution in [0.3, 0.4) is 0 Å². The van der Waals surface area contributed by atoms with Gasteiger partial charge >= 0.3 is 0 Å². The van der Waals surface area contributed by atoms with Crippen LogP contribution in [-0.4, -0.2) is 17.6 Å². The third-order valence-electron chi connectivity index (χ3n) is 3.58. The molecule has 4 nitrogen and oxygen atoms in total. The molecule has 0 aliphatic heterocycles. The Morgan fingerprint density at radius 1 is 1.30 bits per heavy atom. The maximum Gasteiger partial charge on any atom is 0.191 e. The van der Waals surface area contributed by atoms with E-state index in [9.17, 15) is 4.79 Å². The number of nitrogens with one attached hydrogen (secondary N) is 3. The number of hydrogen-bond donors (Lipinski definition) is 3. The smallest absolute Gasteiger partial charge is 0.191 e. The maximum atomic E-state index is 12.1. The van der Waals surface area contributed by atoms with Gasteiger partial charge in [0.2, 0.25) is 0 Å². The van der Waals surface area contributed by atoms with Gasteiger partial charge in [-0.3, -0.25) is 4.79 Å². The fourth-order valence-electron chi connectivity index (χ4n) is 2.35. The number of halogens is 1. The Balaban J connectivity index is 1.58. The summed E-state index contributed by atoms with van der Waals surface area (Å²) in [6, 6.07) is 11.6. The maximum absolute atomic E-state index is 12.1. The minimum absolute atomic E-state index is 0.0332. The number of thiophene rings is 1. The number of fused-ring (bicyclic) bond motifs is 1. The minimum Gasteiger partial charge on any atom is -0.370 e. The van der Waals surface area contributed by atoms with E-state index in [0.717, 1.165) is 28.9 Å². The summed E-state index contributed by atoms with van der Waals surface area (Å²) >= 11 is 5.20. The summed E-state index contributed by atoms with van der Waals surface area (Å²) in [6.45, 7) is 3.70. The Hall–Kier alpha value is -1.63. The quantitative estimate of drug-likeness (QED) is 0.596. The highest BCUT2D eigenvalue weighted by molar-refractivity contribution is 9.10. The zero-order chi connectivity index (χ0) is 16.2. The number of aromatic nitrogens is 1. The van der Waals surface area contributed by atoms with Crippen LogP contribution in [0.2, 0.25) is 0 Å². The van der Waals surface area contributed by atoms with Crippen LogP contribution in [0.5, 0.6) is 0 Å². The topological polar surface area (TPSA) is 56.9 Å². The van der Waals surface area contributed by atoms with Crippen LogP contribution in [0.1, 0.15) is 11.8 Å². The van der Waals surface area contributed by atoms with Crippen LogP contribution in [-0.2, 0) is 6.54 Å². The molecule has 1 atom stereocenters. The van der Waals surface area contributed by atoms with Crippen molar-refractivity contribution in [3.8, 4) is 0 Å². The number of anilines is 1. The average Bonchev–Trinajstić information content (AvgIpc) is 2.96. The van der Waals surface area contributed by atoms with Crippen LogP contribution >= 0.6 is 27.3 Å². The molecule has 0 spiro atoms. The third kappa shape index (κ3) is 4.22. The normalized spacial score (nSPS) is 12.4. The van der Waals surface area contributed by atoms with Gasteiger partial charge in [-0.2, -0.15) is 0 Å². The third-order valence-corrected chi connectivity index (χ3v) is 5.28. The molecule has 0 bridgehead atoms. The van der Waals surface area contributed by atoms with Gasteiger partial charge in [0.25, 0.3) is 0 Å². The second kappa shape index (κ2) is 7.29. The van der Waals surface area contributed by atoms with Gasteiger partial charge in [0.1, 0.15) is 5.82 Å². The Morgan fingerprint density at radius 3 is 2.91 bits per heavy atom. The molecule has 0 amide bonds. The van der Waals surface area contributed by atoms with Gasteiger partial charge < -0.3 is 15.6 Å². The first-order valence-corrected chi connectivity index (χ1v) is 9.11. The first kappa shape index (κ1) is 16.2. The average molecular weight is 392 g/mol. The van der Waals surface area contributed by atoms with E-state index in [1.54, 1.807) is 17.4 Å². The van der Waals surface area contributed by atoms with Crippen molar-refractivity contribution in [1.82, 2.24) is 10.3 Å². The molecular weight excluding hydrogens is 374 g/mol. The zero-order valence-corrected chi connectivity index (χ0v) is 15.1. The van der Waals surface area contributed by atoms with Gasteiger partial charge in [-0.15, -0.1) is 11.3 Å². The van der Waals surface area contributed by atoms with Crippen LogP contribution in [0.25, 0.3) is 10.9 Å². The number of pyridine rings is 1. The molecule has 6 heteroatoms. The Labute approximate surface area is 147 Å². The van der Waals surface area contributed by atoms with E-state index in [0.29, 0.717) is 5.39 Å². The van der Waals surface area contributed by atoms with E-state index in [4.69, 9.17) is 0 Å². The van der Waals surface area contributed by atoms with E-state index in [1.807, 2.05) is 24.3 Å². The SMILES string of the molecule is CC(CNc1cc(=O)c2ccccc2[nH]1)NCc1cc(Br)cs1. The molecule has 0 aliphatic rings. The molecule has 1 unspecified atom stereocenters. The van der Waals surface area contributed by atoms with E-state index in [1.165, 1.54) is 4.88 Å². The van der Waals surface area contributed by atoms with Gasteiger partial charge in [0, 0.05) is 45.3 Å². The summed E-state index contributed by atoms with van der Waals surface area (Å²) in [5, 5.41) is 9.56. The van der Waals surface area contributed by atoms with Crippen molar-refractivity contribution < 1.29 is 0 Å². The lowest BCUT2D eigenvalue weighted by molar-refractivity contribution is 0.571. The predicted molar refractivity (Wildman–Crippen MR) is 101 cm³/mol. The van der Waals surface area contributed by atoms with Gasteiger partial charge in [-0.25, -0.2) is 0 Å². The Morgan fingerprint density at radius 2 is 2.13 bits per heavy atom. The van der Waals surface area contributed by atoms with Crippen molar-refractivity contribution >= 4 is 44.0 Å². The number of benzene rings is 1. The van der Waals surface area contributed by atoms with Crippen molar-refractivity contribution in [1.29, 1.82) is 0 Å². The highest BCUT2D eigenvalue weighted by Crippen LogP contribution is 2.19. The Bertz CT molecular complexity index is 858. The summed E-state index contributed by atoms with van der Waals surface area (Å²) in [5.41, 5.74) is 0.887. The van der Waals surface area contributed by atoms with Gasteiger partial charge in [-0.1, -0.05) is 12.1 Å². The molecule has 120 valence electrons. The lowest BCUT2D eigenvalue weighted by Gasteiger charge is -2.15. The second-order valence-electron chi connectivity index (χ2n) is 5.49. The van der Waals surface area contributed by atoms with Crippen molar-refractivity contribution in [2.24, 2.45) is 0 Å². The highest BCUT2D eigenvalue weighted by Gasteiger charge is 2.05. The molecule has 0 saturated heterocycles. The number of rotatable bonds is 6. The van der Waals surface area contributed by atoms with E-state index in [2.05, 4.69) is 49.9 Å². The Kier molecular flexibility index (Phi) is 5.15. The summed E-state index contributed by atoms with van der Waals surface area (Å²) in [5.74, 6) is 0.751. The zero-order valence-electron chi connectivity index (χ0n) is 12.7. The number of hydrogen-bond acceptors (Lipinski definition) is 4. The highest BCUT2D eigenvalue weighted by atomic mass is 79.9. The van der Waals surface area contributed by atoms with Crippen LogP contribution in [0.4, 0.5) is 5.82 Å². The molecule has 2 heterocycles. The number of para-hydroxylation sites is 1. The van der Waals surface area contributed by atoms with E-state index < -0.39 is 0 Å². The molecule has 0 aliphatic carbocycles. The molecular formula is C17H18BrN3OS. The molecule has 23 heavy (non-hydrogen) atoms. The van der Waals surface area contributed by atoms with Crippen molar-refractivity contribution in [3.63, 3.8) is 0 Å².